The van der Waals surface area contributed by atoms with Gasteiger partial charge in [0.25, 0.3) is 0 Å². The minimum atomic E-state index is -3.81. The lowest BCUT2D eigenvalue weighted by atomic mass is 10.2. The van der Waals surface area contributed by atoms with Gasteiger partial charge in [-0.15, -0.1) is 0 Å². The third kappa shape index (κ3) is 4.93. The first-order valence-electron chi connectivity index (χ1n) is 9.14. The first-order chi connectivity index (χ1) is 13.8. The highest BCUT2D eigenvalue weighted by molar-refractivity contribution is 7.89. The Labute approximate surface area is 168 Å². The summed E-state index contributed by atoms with van der Waals surface area (Å²) in [7, 11) is -3.81. The van der Waals surface area contributed by atoms with Gasteiger partial charge in [-0.25, -0.2) is 17.9 Å². The second-order valence-electron chi connectivity index (χ2n) is 6.61. The minimum absolute atomic E-state index is 0.0356. The van der Waals surface area contributed by atoms with Crippen molar-refractivity contribution in [2.24, 2.45) is 0 Å². The Hall–Kier alpha value is -2.91. The molecule has 0 aliphatic rings. The zero-order valence-corrected chi connectivity index (χ0v) is 17.0. The van der Waals surface area contributed by atoms with Crippen LogP contribution in [0, 0.1) is 6.92 Å². The van der Waals surface area contributed by atoms with Gasteiger partial charge in [0.15, 0.2) is 5.58 Å². The number of esters is 1. The number of rotatable bonds is 8. The number of oxazole rings is 1. The Morgan fingerprint density at radius 1 is 1.17 bits per heavy atom. The van der Waals surface area contributed by atoms with E-state index in [4.69, 9.17) is 9.15 Å². The number of carbonyl (C=O) groups is 1. The van der Waals surface area contributed by atoms with Gasteiger partial charge in [-0.05, 0) is 31.0 Å². The van der Waals surface area contributed by atoms with E-state index >= 15 is 0 Å². The molecular formula is C20H22N2O6S. The predicted molar refractivity (Wildman–Crippen MR) is 107 cm³/mol. The van der Waals surface area contributed by atoms with E-state index in [9.17, 15) is 18.0 Å². The fourth-order valence-electron chi connectivity index (χ4n) is 2.72. The summed E-state index contributed by atoms with van der Waals surface area (Å²) in [5, 5.41) is 0. The van der Waals surface area contributed by atoms with Crippen molar-refractivity contribution < 1.29 is 22.4 Å². The summed E-state index contributed by atoms with van der Waals surface area (Å²) < 4.78 is 38.9. The van der Waals surface area contributed by atoms with Crippen molar-refractivity contribution in [3.8, 4) is 0 Å². The minimum Gasteiger partial charge on any atom is -0.464 e. The van der Waals surface area contributed by atoms with Crippen LogP contribution in [-0.4, -0.2) is 25.6 Å². The molecule has 3 aromatic rings. The summed E-state index contributed by atoms with van der Waals surface area (Å²) in [5.74, 6) is -1.32. The van der Waals surface area contributed by atoms with Crippen molar-refractivity contribution in [1.29, 1.82) is 0 Å². The van der Waals surface area contributed by atoms with Gasteiger partial charge in [0, 0.05) is 12.6 Å². The summed E-state index contributed by atoms with van der Waals surface area (Å²) in [6.07, 6.45) is 0.670. The number of aryl methyl sites for hydroxylation is 1. The Morgan fingerprint density at radius 2 is 1.90 bits per heavy atom. The summed E-state index contributed by atoms with van der Waals surface area (Å²) in [4.78, 5) is 23.8. The number of ether oxygens (including phenoxy) is 1. The Morgan fingerprint density at radius 3 is 2.59 bits per heavy atom. The van der Waals surface area contributed by atoms with E-state index in [1.54, 1.807) is 0 Å². The first kappa shape index (κ1) is 20.8. The summed E-state index contributed by atoms with van der Waals surface area (Å²) in [6, 6.07) is 11.6. The predicted octanol–water partition coefficient (Wildman–Crippen LogP) is 2.33. The third-order valence-corrected chi connectivity index (χ3v) is 5.69. The van der Waals surface area contributed by atoms with Crippen LogP contribution < -0.4 is 10.5 Å². The first-order valence-corrected chi connectivity index (χ1v) is 10.6. The van der Waals surface area contributed by atoms with E-state index in [1.165, 1.54) is 18.2 Å². The number of benzene rings is 2. The molecule has 0 aliphatic carbocycles. The number of nitrogens with one attached hydrogen (secondary N) is 1. The van der Waals surface area contributed by atoms with Crippen LogP contribution in [0.4, 0.5) is 0 Å². The summed E-state index contributed by atoms with van der Waals surface area (Å²) >= 11 is 0. The van der Waals surface area contributed by atoms with Crippen molar-refractivity contribution in [2.75, 3.05) is 6.61 Å². The fraction of sp³-hybridized carbons (Fsp3) is 0.300. The van der Waals surface area contributed by atoms with Crippen molar-refractivity contribution in [3.05, 3.63) is 64.1 Å². The van der Waals surface area contributed by atoms with Crippen molar-refractivity contribution >= 4 is 27.1 Å². The number of sulfonamides is 1. The smallest absolute Gasteiger partial charge is 0.420 e. The van der Waals surface area contributed by atoms with Crippen molar-refractivity contribution in [1.82, 2.24) is 9.29 Å². The molecule has 1 heterocycles. The van der Waals surface area contributed by atoms with E-state index in [0.717, 1.165) is 15.7 Å². The SMILES string of the molecule is CCCOC(=O)Cn1c(=O)oc2cc(S(=O)(=O)NCc3ccc(C)cc3)ccc21. The summed E-state index contributed by atoms with van der Waals surface area (Å²) in [6.45, 7) is 3.91. The van der Waals surface area contributed by atoms with Gasteiger partial charge in [0.05, 0.1) is 17.0 Å². The molecule has 0 atom stereocenters. The highest BCUT2D eigenvalue weighted by Gasteiger charge is 2.19. The lowest BCUT2D eigenvalue weighted by Crippen LogP contribution is -2.23. The molecular weight excluding hydrogens is 396 g/mol. The van der Waals surface area contributed by atoms with Crippen molar-refractivity contribution in [3.63, 3.8) is 0 Å². The number of aromatic nitrogens is 1. The molecule has 0 saturated carbocycles. The second kappa shape index (κ2) is 8.62. The topological polar surface area (TPSA) is 108 Å². The standard InChI is InChI=1S/C20H22N2O6S/c1-3-10-27-19(23)13-22-17-9-8-16(11-18(17)28-20(22)24)29(25,26)21-12-15-6-4-14(2)5-7-15/h4-9,11,21H,3,10,12-13H2,1-2H3. The molecule has 29 heavy (non-hydrogen) atoms. The molecule has 154 valence electrons. The van der Waals surface area contributed by atoms with Gasteiger partial charge >= 0.3 is 11.7 Å². The second-order valence-corrected chi connectivity index (χ2v) is 8.38. The fourth-order valence-corrected chi connectivity index (χ4v) is 3.75. The van der Waals surface area contributed by atoms with Crippen LogP contribution in [0.25, 0.3) is 11.1 Å². The average molecular weight is 418 g/mol. The van der Waals surface area contributed by atoms with Crippen LogP contribution >= 0.6 is 0 Å². The Bertz CT molecular complexity index is 1180. The number of fused-ring (bicyclic) bond motifs is 1. The van der Waals surface area contributed by atoms with Gasteiger partial charge in [-0.2, -0.15) is 0 Å². The molecule has 0 unspecified atom stereocenters. The molecule has 0 saturated heterocycles. The zero-order valence-electron chi connectivity index (χ0n) is 16.2. The van der Waals surface area contributed by atoms with E-state index in [0.29, 0.717) is 11.9 Å². The molecule has 9 heteroatoms. The summed E-state index contributed by atoms with van der Waals surface area (Å²) in [5.41, 5.74) is 2.31. The third-order valence-electron chi connectivity index (χ3n) is 4.29. The molecule has 0 radical (unpaired) electrons. The molecule has 1 aromatic heterocycles. The van der Waals surface area contributed by atoms with Crippen molar-refractivity contribution in [2.45, 2.75) is 38.3 Å². The molecule has 8 nitrogen and oxygen atoms in total. The van der Waals surface area contributed by atoms with Crippen LogP contribution in [-0.2, 0) is 32.6 Å². The Balaban J connectivity index is 1.80. The number of nitrogens with zero attached hydrogens (tertiary/aromatic N) is 1. The van der Waals surface area contributed by atoms with Crippen LogP contribution in [0.5, 0.6) is 0 Å². The van der Waals surface area contributed by atoms with Crippen LogP contribution in [0.15, 0.2) is 56.6 Å². The van der Waals surface area contributed by atoms with E-state index in [-0.39, 0.29) is 30.2 Å². The molecule has 0 aliphatic heterocycles. The van der Waals surface area contributed by atoms with Crippen LogP contribution in [0.2, 0.25) is 0 Å². The molecule has 2 aromatic carbocycles. The quantitative estimate of drug-likeness (QED) is 0.563. The van der Waals surface area contributed by atoms with Crippen LogP contribution in [0.3, 0.4) is 0 Å². The highest BCUT2D eigenvalue weighted by Crippen LogP contribution is 2.19. The maximum absolute atomic E-state index is 12.6. The molecule has 1 N–H and O–H groups in total. The number of hydrogen-bond donors (Lipinski definition) is 1. The maximum atomic E-state index is 12.6. The molecule has 0 fully saturated rings. The molecule has 3 rings (SSSR count). The highest BCUT2D eigenvalue weighted by atomic mass is 32.2. The molecule has 0 bridgehead atoms. The number of hydrogen-bond acceptors (Lipinski definition) is 6. The lowest BCUT2D eigenvalue weighted by molar-refractivity contribution is -0.144. The largest absolute Gasteiger partial charge is 0.464 e. The van der Waals surface area contributed by atoms with E-state index < -0.39 is 21.7 Å². The molecule has 0 spiro atoms. The average Bonchev–Trinajstić information content (AvgIpc) is 3.00. The van der Waals surface area contributed by atoms with E-state index in [2.05, 4.69) is 4.72 Å². The van der Waals surface area contributed by atoms with Crippen LogP contribution in [0.1, 0.15) is 24.5 Å². The normalized spacial score (nSPS) is 11.7. The number of carbonyl (C=O) groups excluding carboxylic acids is 1. The Kier molecular flexibility index (Phi) is 6.19. The van der Waals surface area contributed by atoms with Gasteiger partial charge in [0.1, 0.15) is 6.54 Å². The van der Waals surface area contributed by atoms with Gasteiger partial charge in [-0.1, -0.05) is 36.8 Å². The maximum Gasteiger partial charge on any atom is 0.420 e. The van der Waals surface area contributed by atoms with Gasteiger partial charge in [0.2, 0.25) is 10.0 Å². The van der Waals surface area contributed by atoms with E-state index in [1.807, 2.05) is 38.1 Å². The van der Waals surface area contributed by atoms with Gasteiger partial charge < -0.3 is 9.15 Å². The monoisotopic (exact) mass is 418 g/mol. The lowest BCUT2D eigenvalue weighted by Gasteiger charge is -2.07. The zero-order chi connectivity index (χ0) is 21.0. The molecule has 0 amide bonds. The van der Waals surface area contributed by atoms with Gasteiger partial charge in [-0.3, -0.25) is 9.36 Å².